The Labute approximate surface area is 212 Å². The van der Waals surface area contributed by atoms with Crippen LogP contribution in [0.25, 0.3) is 21.9 Å². The molecule has 1 atom stereocenters. The second-order valence-electron chi connectivity index (χ2n) is 7.17. The van der Waals surface area contributed by atoms with E-state index in [-0.39, 0.29) is 14.9 Å². The number of hydrogen-bond donors (Lipinski definition) is 0. The predicted octanol–water partition coefficient (Wildman–Crippen LogP) is 7.48. The second kappa shape index (κ2) is 14.4. The van der Waals surface area contributed by atoms with Crippen molar-refractivity contribution in [3.05, 3.63) is 92.2 Å². The van der Waals surface area contributed by atoms with Gasteiger partial charge in [0, 0.05) is 5.56 Å². The van der Waals surface area contributed by atoms with Crippen LogP contribution in [0.2, 0.25) is 0 Å². The standard InChI is InChI=1S/C17H15O2.C9H13.2CH3.Si.Zr/c1-18-15-8-5-9-16(19-2)17(15)14-11-10-12-6-3-4-7-13(12)14;1-6-5-7(2)9(4)8(6)3;;;;/h3-11H,1-2H3;6H,1-4H3;2*1H3;;/q4*-1;;. The maximum atomic E-state index is 5.48. The van der Waals surface area contributed by atoms with Crippen molar-refractivity contribution in [3.63, 3.8) is 0 Å². The van der Waals surface area contributed by atoms with Crippen LogP contribution in [0.4, 0.5) is 0 Å². The van der Waals surface area contributed by atoms with Gasteiger partial charge in [-0.25, -0.2) is 5.57 Å². The molecule has 1 aliphatic carbocycles. The summed E-state index contributed by atoms with van der Waals surface area (Å²) in [6.45, 7) is 11.7. The van der Waals surface area contributed by atoms with Crippen LogP contribution in [0.3, 0.4) is 0 Å². The number of allylic oxidation sites excluding steroid dienone is 4. The fourth-order valence-corrected chi connectivity index (χ4v) is 3.65. The molecule has 2 radical (unpaired) electrons. The average molecular weight is 522 g/mol. The zero-order valence-corrected chi connectivity index (χ0v) is 24.0. The number of methoxy groups -OCH3 is 2. The molecular weight excluding hydrogens is 488 g/mol. The van der Waals surface area contributed by atoms with Gasteiger partial charge in [0.2, 0.25) is 0 Å². The average Bonchev–Trinajstić information content (AvgIpc) is 3.31. The Morgan fingerprint density at radius 2 is 1.47 bits per heavy atom. The predicted molar refractivity (Wildman–Crippen MR) is 137 cm³/mol. The fourth-order valence-electron chi connectivity index (χ4n) is 3.65. The van der Waals surface area contributed by atoms with Gasteiger partial charge < -0.3 is 24.3 Å². The first-order valence-electron chi connectivity index (χ1n) is 9.86. The summed E-state index contributed by atoms with van der Waals surface area (Å²) >= 11 is 1.36. The van der Waals surface area contributed by atoms with Crippen LogP contribution in [-0.2, 0) is 23.3 Å². The van der Waals surface area contributed by atoms with E-state index in [1.807, 2.05) is 30.3 Å². The van der Waals surface area contributed by atoms with E-state index in [1.165, 1.54) is 50.8 Å². The van der Waals surface area contributed by atoms with Gasteiger partial charge in [-0.2, -0.15) is 11.1 Å². The van der Waals surface area contributed by atoms with Crippen LogP contribution in [0.1, 0.15) is 27.7 Å². The summed E-state index contributed by atoms with van der Waals surface area (Å²) in [5.74, 6) is 2.22. The van der Waals surface area contributed by atoms with Gasteiger partial charge in [0.25, 0.3) is 0 Å². The van der Waals surface area contributed by atoms with Crippen molar-refractivity contribution in [2.45, 2.75) is 27.7 Å². The van der Waals surface area contributed by atoms with E-state index in [4.69, 9.17) is 9.47 Å². The van der Waals surface area contributed by atoms with Crippen molar-refractivity contribution in [1.29, 1.82) is 0 Å². The molecular formula is C28H34O2SiZr-4. The SMILES string of the molecule is CC1=[C-]C(C)C(C)=C1C.COc1cccc(OC)c1-c1c[cH-]c2ccccc12.[CH3-].[CH3-].[Si]=[Zr]. The normalized spacial score (nSPS) is 14.0. The van der Waals surface area contributed by atoms with Crippen LogP contribution >= 0.6 is 0 Å². The van der Waals surface area contributed by atoms with Gasteiger partial charge in [0.05, 0.1) is 14.2 Å². The third-order valence-corrected chi connectivity index (χ3v) is 5.61. The molecule has 0 bridgehead atoms. The molecule has 4 heteroatoms. The Bertz CT molecular complexity index is 1040. The van der Waals surface area contributed by atoms with Gasteiger partial charge in [0.15, 0.2) is 0 Å². The number of rotatable bonds is 3. The van der Waals surface area contributed by atoms with Crippen LogP contribution in [0, 0.1) is 26.8 Å². The summed E-state index contributed by atoms with van der Waals surface area (Å²) in [5, 5.41) is 2.44. The van der Waals surface area contributed by atoms with Crippen molar-refractivity contribution < 1.29 is 32.8 Å². The molecule has 1 aliphatic rings. The van der Waals surface area contributed by atoms with E-state index in [9.17, 15) is 0 Å². The van der Waals surface area contributed by atoms with Gasteiger partial charge in [-0.1, -0.05) is 38.8 Å². The summed E-state index contributed by atoms with van der Waals surface area (Å²) in [4.78, 5) is 0. The molecule has 0 aliphatic heterocycles. The van der Waals surface area contributed by atoms with Crippen molar-refractivity contribution in [1.82, 2.24) is 0 Å². The number of hydrogen-bond acceptors (Lipinski definition) is 2. The van der Waals surface area contributed by atoms with Crippen LogP contribution in [0.15, 0.2) is 71.3 Å². The van der Waals surface area contributed by atoms with E-state index < -0.39 is 0 Å². The summed E-state index contributed by atoms with van der Waals surface area (Å²) in [6.07, 6.45) is 3.36. The fraction of sp³-hybridized carbons (Fsp3) is 0.250. The van der Waals surface area contributed by atoms with E-state index in [0.717, 1.165) is 22.6 Å². The molecule has 32 heavy (non-hydrogen) atoms. The summed E-state index contributed by atoms with van der Waals surface area (Å²) in [6, 6.07) is 18.4. The molecule has 0 saturated carbocycles. The molecule has 2 nitrogen and oxygen atoms in total. The van der Waals surface area contributed by atoms with E-state index >= 15 is 0 Å². The molecule has 3 aromatic carbocycles. The Kier molecular flexibility index (Phi) is 13.6. The molecule has 4 rings (SSSR count). The van der Waals surface area contributed by atoms with E-state index in [2.05, 4.69) is 64.9 Å². The van der Waals surface area contributed by atoms with Crippen LogP contribution < -0.4 is 9.47 Å². The first-order valence-corrected chi connectivity index (χ1v) is 14.0. The molecule has 0 saturated heterocycles. The number of benzene rings is 2. The number of ether oxygens (including phenoxy) is 2. The van der Waals surface area contributed by atoms with E-state index in [0.29, 0.717) is 5.92 Å². The minimum atomic E-state index is 0. The Balaban J connectivity index is 0.000000632. The molecule has 170 valence electrons. The molecule has 1 unspecified atom stereocenters. The van der Waals surface area contributed by atoms with Crippen molar-refractivity contribution in [2.24, 2.45) is 5.92 Å². The van der Waals surface area contributed by atoms with Gasteiger partial charge in [-0.15, -0.1) is 53.6 Å². The zero-order valence-electron chi connectivity index (χ0n) is 20.6. The molecule has 0 aromatic heterocycles. The van der Waals surface area contributed by atoms with E-state index in [1.54, 1.807) is 14.2 Å². The summed E-state index contributed by atoms with van der Waals surface area (Å²) in [5.41, 5.74) is 6.40. The molecule has 0 fully saturated rings. The maximum absolute atomic E-state index is 5.48. The third kappa shape index (κ3) is 6.62. The van der Waals surface area contributed by atoms with Gasteiger partial charge >= 0.3 is 30.2 Å². The Morgan fingerprint density at radius 1 is 0.906 bits per heavy atom. The van der Waals surface area contributed by atoms with Crippen molar-refractivity contribution >= 4 is 17.7 Å². The van der Waals surface area contributed by atoms with Gasteiger partial charge in [0.1, 0.15) is 11.5 Å². The molecule has 0 N–H and O–H groups in total. The minimum absolute atomic E-state index is 0. The molecule has 0 spiro atoms. The second-order valence-corrected chi connectivity index (χ2v) is 7.17. The Hall–Kier alpha value is -1.77. The van der Waals surface area contributed by atoms with Gasteiger partial charge in [-0.05, 0) is 12.1 Å². The first kappa shape index (κ1) is 30.2. The quantitative estimate of drug-likeness (QED) is 0.263. The zero-order chi connectivity index (χ0) is 22.3. The van der Waals surface area contributed by atoms with Crippen LogP contribution in [0.5, 0.6) is 11.5 Å². The van der Waals surface area contributed by atoms with Crippen LogP contribution in [-0.4, -0.2) is 21.1 Å². The van der Waals surface area contributed by atoms with Gasteiger partial charge in [-0.3, -0.25) is 6.08 Å². The third-order valence-electron chi connectivity index (χ3n) is 5.61. The summed E-state index contributed by atoms with van der Waals surface area (Å²) in [7, 11) is 3.37. The summed E-state index contributed by atoms with van der Waals surface area (Å²) < 4.78 is 11.0. The van der Waals surface area contributed by atoms with Crippen molar-refractivity contribution in [2.75, 3.05) is 14.2 Å². The molecule has 0 amide bonds. The molecule has 0 heterocycles. The first-order chi connectivity index (χ1) is 14.5. The number of fused-ring (bicyclic) bond motifs is 1. The molecule has 3 aromatic rings. The monoisotopic (exact) mass is 520 g/mol. The Morgan fingerprint density at radius 3 is 1.91 bits per heavy atom. The van der Waals surface area contributed by atoms with Crippen molar-refractivity contribution in [3.8, 4) is 22.6 Å². The topological polar surface area (TPSA) is 18.5 Å².